The number of H-pyrrole nitrogens is 1. The Kier molecular flexibility index (Phi) is 4.65. The summed E-state index contributed by atoms with van der Waals surface area (Å²) in [5, 5.41) is 9.27. The van der Waals surface area contributed by atoms with Crippen molar-refractivity contribution in [2.45, 2.75) is 0 Å². The molecule has 0 fully saturated rings. The van der Waals surface area contributed by atoms with Crippen LogP contribution in [0.4, 0.5) is 17.1 Å². The zero-order valence-electron chi connectivity index (χ0n) is 16.4. The van der Waals surface area contributed by atoms with E-state index in [2.05, 4.69) is 20.6 Å². The van der Waals surface area contributed by atoms with Crippen LogP contribution in [0.3, 0.4) is 0 Å². The summed E-state index contributed by atoms with van der Waals surface area (Å²) in [6.45, 7) is 0. The molecule has 3 N–H and O–H groups in total. The zero-order chi connectivity index (χ0) is 21.2. The van der Waals surface area contributed by atoms with E-state index in [1.54, 1.807) is 24.4 Å². The van der Waals surface area contributed by atoms with Gasteiger partial charge < -0.3 is 15.6 Å². The van der Waals surface area contributed by atoms with Gasteiger partial charge in [-0.05, 0) is 59.3 Å². The van der Waals surface area contributed by atoms with Crippen LogP contribution < -0.4 is 16.2 Å². The lowest BCUT2D eigenvalue weighted by Gasteiger charge is -2.10. The van der Waals surface area contributed by atoms with E-state index in [1.165, 1.54) is 6.07 Å². The third-order valence-electron chi connectivity index (χ3n) is 5.07. The first-order chi connectivity index (χ1) is 15.2. The SMILES string of the molecule is O=C(Nc1ccc2ccccc2c1)c1ccc(Nc2ccnc3[nH]c(=O)ccc23)cc1. The van der Waals surface area contributed by atoms with E-state index in [1.807, 2.05) is 60.7 Å². The highest BCUT2D eigenvalue weighted by Gasteiger charge is 2.08. The number of aromatic nitrogens is 2. The maximum atomic E-state index is 12.7. The van der Waals surface area contributed by atoms with Crippen molar-refractivity contribution in [2.75, 3.05) is 10.6 Å². The second kappa shape index (κ2) is 7.76. The first-order valence-electron chi connectivity index (χ1n) is 9.81. The number of fused-ring (bicyclic) bond motifs is 2. The molecule has 0 saturated heterocycles. The van der Waals surface area contributed by atoms with Crippen LogP contribution in [-0.4, -0.2) is 15.9 Å². The zero-order valence-corrected chi connectivity index (χ0v) is 16.4. The summed E-state index contributed by atoms with van der Waals surface area (Å²) in [7, 11) is 0. The molecule has 6 heteroatoms. The quantitative estimate of drug-likeness (QED) is 0.389. The van der Waals surface area contributed by atoms with Crippen LogP contribution in [0.25, 0.3) is 21.8 Å². The molecule has 0 aliphatic heterocycles. The molecule has 0 aliphatic rings. The van der Waals surface area contributed by atoms with Crippen molar-refractivity contribution in [3.63, 3.8) is 0 Å². The van der Waals surface area contributed by atoms with E-state index in [0.717, 1.165) is 33.2 Å². The van der Waals surface area contributed by atoms with Crippen LogP contribution in [-0.2, 0) is 0 Å². The van der Waals surface area contributed by atoms with Gasteiger partial charge >= 0.3 is 0 Å². The molecule has 0 bridgehead atoms. The molecule has 5 aromatic rings. The number of aromatic amines is 1. The number of hydrogen-bond acceptors (Lipinski definition) is 4. The van der Waals surface area contributed by atoms with E-state index in [0.29, 0.717) is 11.2 Å². The van der Waals surface area contributed by atoms with Crippen molar-refractivity contribution in [2.24, 2.45) is 0 Å². The van der Waals surface area contributed by atoms with Gasteiger partial charge in [0.1, 0.15) is 5.65 Å². The van der Waals surface area contributed by atoms with Crippen LogP contribution in [0.15, 0.2) is 95.9 Å². The number of hydrogen-bond donors (Lipinski definition) is 3. The molecule has 31 heavy (non-hydrogen) atoms. The number of nitrogens with one attached hydrogen (secondary N) is 3. The standard InChI is InChI=1S/C25H18N4O2/c30-23-12-11-21-22(13-14-26-24(21)29-23)27-19-8-6-17(7-9-19)25(31)28-20-10-5-16-3-1-2-4-18(16)15-20/h1-15H,(H,28,31)(H2,26,27,29,30). The molecule has 0 saturated carbocycles. The molecule has 3 aromatic carbocycles. The largest absolute Gasteiger partial charge is 0.355 e. The van der Waals surface area contributed by atoms with Gasteiger partial charge in [0, 0.05) is 34.6 Å². The normalized spacial score (nSPS) is 10.8. The highest BCUT2D eigenvalue weighted by molar-refractivity contribution is 6.05. The molecular weight excluding hydrogens is 388 g/mol. The topological polar surface area (TPSA) is 86.9 Å². The lowest BCUT2D eigenvalue weighted by Crippen LogP contribution is -2.11. The molecule has 1 amide bonds. The van der Waals surface area contributed by atoms with Crippen molar-refractivity contribution >= 4 is 44.8 Å². The number of carbonyl (C=O) groups is 1. The lowest BCUT2D eigenvalue weighted by atomic mass is 10.1. The van der Waals surface area contributed by atoms with Gasteiger partial charge in [0.25, 0.3) is 5.91 Å². The lowest BCUT2D eigenvalue weighted by molar-refractivity contribution is 0.102. The number of amides is 1. The highest BCUT2D eigenvalue weighted by atomic mass is 16.1. The maximum Gasteiger partial charge on any atom is 0.255 e. The fourth-order valence-corrected chi connectivity index (χ4v) is 3.50. The van der Waals surface area contributed by atoms with Crippen LogP contribution >= 0.6 is 0 Å². The molecular formula is C25H18N4O2. The predicted molar refractivity (Wildman–Crippen MR) is 124 cm³/mol. The average molecular weight is 406 g/mol. The predicted octanol–water partition coefficient (Wildman–Crippen LogP) is 5.07. The molecule has 2 heterocycles. The molecule has 0 atom stereocenters. The van der Waals surface area contributed by atoms with Crippen LogP contribution in [0.2, 0.25) is 0 Å². The van der Waals surface area contributed by atoms with Gasteiger partial charge in [-0.3, -0.25) is 9.59 Å². The summed E-state index contributed by atoms with van der Waals surface area (Å²) in [6, 6.07) is 26.1. The van der Waals surface area contributed by atoms with Crippen molar-refractivity contribution in [3.8, 4) is 0 Å². The third-order valence-corrected chi connectivity index (χ3v) is 5.07. The number of pyridine rings is 2. The Balaban J connectivity index is 1.33. The molecule has 6 nitrogen and oxygen atoms in total. The summed E-state index contributed by atoms with van der Waals surface area (Å²) >= 11 is 0. The maximum absolute atomic E-state index is 12.7. The summed E-state index contributed by atoms with van der Waals surface area (Å²) < 4.78 is 0. The summed E-state index contributed by atoms with van der Waals surface area (Å²) in [4.78, 5) is 31.1. The summed E-state index contributed by atoms with van der Waals surface area (Å²) in [6.07, 6.45) is 1.63. The molecule has 0 spiro atoms. The minimum atomic E-state index is -0.195. The molecule has 0 aliphatic carbocycles. The van der Waals surface area contributed by atoms with Crippen LogP contribution in [0.1, 0.15) is 10.4 Å². The summed E-state index contributed by atoms with van der Waals surface area (Å²) in [5.74, 6) is -0.172. The van der Waals surface area contributed by atoms with Crippen molar-refractivity contribution in [1.29, 1.82) is 0 Å². The molecule has 5 rings (SSSR count). The van der Waals surface area contributed by atoms with Gasteiger partial charge in [-0.15, -0.1) is 0 Å². The Hall–Kier alpha value is -4.45. The second-order valence-corrected chi connectivity index (χ2v) is 7.16. The van der Waals surface area contributed by atoms with Gasteiger partial charge in [0.05, 0.1) is 5.69 Å². The Morgan fingerprint density at radius 3 is 2.42 bits per heavy atom. The second-order valence-electron chi connectivity index (χ2n) is 7.16. The number of anilines is 3. The third kappa shape index (κ3) is 3.86. The minimum absolute atomic E-state index is 0.172. The summed E-state index contributed by atoms with van der Waals surface area (Å²) in [5.41, 5.74) is 3.27. The minimum Gasteiger partial charge on any atom is -0.355 e. The van der Waals surface area contributed by atoms with Gasteiger partial charge in [0.15, 0.2) is 0 Å². The van der Waals surface area contributed by atoms with E-state index < -0.39 is 0 Å². The van der Waals surface area contributed by atoms with E-state index in [9.17, 15) is 9.59 Å². The smallest absolute Gasteiger partial charge is 0.255 e. The van der Waals surface area contributed by atoms with E-state index >= 15 is 0 Å². The Morgan fingerprint density at radius 1 is 0.806 bits per heavy atom. The fourth-order valence-electron chi connectivity index (χ4n) is 3.50. The van der Waals surface area contributed by atoms with Gasteiger partial charge in [-0.1, -0.05) is 30.3 Å². The number of rotatable bonds is 4. The monoisotopic (exact) mass is 406 g/mol. The Bertz CT molecular complexity index is 1470. The average Bonchev–Trinajstić information content (AvgIpc) is 2.79. The van der Waals surface area contributed by atoms with Gasteiger partial charge in [-0.2, -0.15) is 0 Å². The van der Waals surface area contributed by atoms with Gasteiger partial charge in [0.2, 0.25) is 5.56 Å². The van der Waals surface area contributed by atoms with Crippen molar-refractivity contribution in [3.05, 3.63) is 107 Å². The van der Waals surface area contributed by atoms with E-state index in [4.69, 9.17) is 0 Å². The van der Waals surface area contributed by atoms with E-state index in [-0.39, 0.29) is 11.5 Å². The Labute approximate surface area is 177 Å². The highest BCUT2D eigenvalue weighted by Crippen LogP contribution is 2.24. The van der Waals surface area contributed by atoms with Crippen LogP contribution in [0, 0.1) is 0 Å². The first-order valence-corrected chi connectivity index (χ1v) is 9.81. The molecule has 0 unspecified atom stereocenters. The first kappa shape index (κ1) is 18.6. The van der Waals surface area contributed by atoms with Gasteiger partial charge in [-0.25, -0.2) is 4.98 Å². The number of nitrogens with zero attached hydrogens (tertiary/aromatic N) is 1. The Morgan fingerprint density at radius 2 is 1.58 bits per heavy atom. The number of benzene rings is 3. The van der Waals surface area contributed by atoms with Crippen LogP contribution in [0.5, 0.6) is 0 Å². The molecule has 150 valence electrons. The van der Waals surface area contributed by atoms with Crippen molar-refractivity contribution < 1.29 is 4.79 Å². The fraction of sp³-hybridized carbons (Fsp3) is 0. The molecule has 2 aromatic heterocycles. The number of carbonyl (C=O) groups excluding carboxylic acids is 1. The molecule has 0 radical (unpaired) electrons. The van der Waals surface area contributed by atoms with Crippen molar-refractivity contribution in [1.82, 2.24) is 9.97 Å².